The van der Waals surface area contributed by atoms with Gasteiger partial charge in [0.15, 0.2) is 0 Å². The van der Waals surface area contributed by atoms with Crippen LogP contribution in [0.4, 0.5) is 5.82 Å². The Hall–Kier alpha value is -1.19. The van der Waals surface area contributed by atoms with E-state index in [-0.39, 0.29) is 0 Å². The molecule has 0 amide bonds. The molecule has 0 unspecified atom stereocenters. The molecule has 18 heavy (non-hydrogen) atoms. The molecule has 1 aromatic heterocycles. The highest BCUT2D eigenvalue weighted by Gasteiger charge is 2.50. The van der Waals surface area contributed by atoms with Crippen LogP contribution in [0.15, 0.2) is 0 Å². The molecule has 1 heterocycles. The van der Waals surface area contributed by atoms with Gasteiger partial charge in [-0.05, 0) is 62.7 Å². The van der Waals surface area contributed by atoms with Crippen molar-refractivity contribution in [1.82, 2.24) is 9.66 Å². The zero-order valence-electron chi connectivity index (χ0n) is 11.0. The molecule has 4 heteroatoms. The smallest absolute Gasteiger partial charge is 0.145 e. The van der Waals surface area contributed by atoms with Gasteiger partial charge in [0.25, 0.3) is 0 Å². The normalized spacial score (nSPS) is 41.5. The molecule has 4 N–H and O–H groups in total. The van der Waals surface area contributed by atoms with Crippen LogP contribution >= 0.6 is 0 Å². The fourth-order valence-electron chi connectivity index (χ4n) is 5.16. The van der Waals surface area contributed by atoms with E-state index in [4.69, 9.17) is 11.6 Å². The number of rotatable bonds is 1. The fraction of sp³-hybridized carbons (Fsp3) is 0.786. The van der Waals surface area contributed by atoms with E-state index in [1.165, 1.54) is 32.1 Å². The number of aromatic nitrogens is 2. The summed E-state index contributed by atoms with van der Waals surface area (Å²) in [6.45, 7) is 1.96. The van der Waals surface area contributed by atoms with Crippen LogP contribution in [0.1, 0.15) is 49.5 Å². The molecule has 4 fully saturated rings. The molecular formula is C14H22N4. The number of nitrogens with two attached hydrogens (primary N) is 2. The van der Waals surface area contributed by atoms with Crippen LogP contribution in [-0.4, -0.2) is 9.66 Å². The number of hydrogen-bond acceptors (Lipinski definition) is 3. The Labute approximate surface area is 108 Å². The van der Waals surface area contributed by atoms with Crippen LogP contribution in [0.2, 0.25) is 0 Å². The third-order valence-corrected chi connectivity index (χ3v) is 5.68. The number of imidazole rings is 1. The number of nitrogens with zero attached hydrogens (tertiary/aromatic N) is 2. The summed E-state index contributed by atoms with van der Waals surface area (Å²) in [5.74, 6) is 12.0. The number of aryl methyl sites for hydroxylation is 1. The first-order valence-electron chi connectivity index (χ1n) is 7.23. The Morgan fingerprint density at radius 2 is 1.61 bits per heavy atom. The topological polar surface area (TPSA) is 69.9 Å². The van der Waals surface area contributed by atoms with E-state index in [1.807, 2.05) is 6.92 Å². The maximum atomic E-state index is 6.11. The molecule has 4 aliphatic carbocycles. The van der Waals surface area contributed by atoms with E-state index in [2.05, 4.69) is 4.98 Å². The number of anilines is 1. The lowest BCUT2D eigenvalue weighted by Crippen LogP contribution is -2.45. The first kappa shape index (κ1) is 10.7. The van der Waals surface area contributed by atoms with Crippen molar-refractivity contribution in [3.63, 3.8) is 0 Å². The summed E-state index contributed by atoms with van der Waals surface area (Å²) in [4.78, 5) is 4.67. The van der Waals surface area contributed by atoms with Crippen molar-refractivity contribution >= 4 is 5.82 Å². The van der Waals surface area contributed by atoms with E-state index in [1.54, 1.807) is 4.68 Å². The van der Waals surface area contributed by atoms with Gasteiger partial charge in [0.05, 0.1) is 5.69 Å². The number of nitrogen functional groups attached to an aromatic ring is 2. The van der Waals surface area contributed by atoms with E-state index >= 15 is 0 Å². The van der Waals surface area contributed by atoms with Crippen LogP contribution in [0.5, 0.6) is 0 Å². The minimum absolute atomic E-state index is 0.568. The van der Waals surface area contributed by atoms with E-state index < -0.39 is 0 Å². The molecule has 4 aliphatic rings. The molecule has 0 aliphatic heterocycles. The van der Waals surface area contributed by atoms with Gasteiger partial charge in [-0.2, -0.15) is 0 Å². The second-order valence-corrected chi connectivity index (χ2v) is 6.77. The highest BCUT2D eigenvalue weighted by molar-refractivity contribution is 5.38. The van der Waals surface area contributed by atoms with Gasteiger partial charge in [0.2, 0.25) is 0 Å². The monoisotopic (exact) mass is 246 g/mol. The van der Waals surface area contributed by atoms with Crippen LogP contribution < -0.4 is 11.6 Å². The zero-order chi connectivity index (χ0) is 12.4. The Morgan fingerprint density at radius 3 is 2.06 bits per heavy atom. The molecule has 0 aromatic carbocycles. The average Bonchev–Trinajstić information content (AvgIpc) is 2.56. The standard InChI is InChI=1S/C14H22N4/c1-7-13(15)18(16)14(17-7)12-10-3-8-2-9(5-10)6-11(12)4-8/h8-12H,2-6,15-16H2,1H3. The van der Waals surface area contributed by atoms with Gasteiger partial charge in [0.1, 0.15) is 11.6 Å². The van der Waals surface area contributed by atoms with Gasteiger partial charge in [-0.15, -0.1) is 0 Å². The van der Waals surface area contributed by atoms with Crippen molar-refractivity contribution in [3.05, 3.63) is 11.5 Å². The summed E-state index contributed by atoms with van der Waals surface area (Å²) in [7, 11) is 0. The van der Waals surface area contributed by atoms with Gasteiger partial charge in [-0.1, -0.05) is 0 Å². The number of hydrogen-bond donors (Lipinski definition) is 2. The predicted molar refractivity (Wildman–Crippen MR) is 71.3 cm³/mol. The van der Waals surface area contributed by atoms with Crippen LogP contribution in [0, 0.1) is 30.6 Å². The molecule has 0 radical (unpaired) electrons. The highest BCUT2D eigenvalue weighted by Crippen LogP contribution is 2.59. The lowest BCUT2D eigenvalue weighted by molar-refractivity contribution is -0.00625. The van der Waals surface area contributed by atoms with Gasteiger partial charge in [-0.25, -0.2) is 9.66 Å². The van der Waals surface area contributed by atoms with E-state index in [9.17, 15) is 0 Å². The molecule has 4 saturated carbocycles. The minimum atomic E-state index is 0.568. The first-order valence-corrected chi connectivity index (χ1v) is 7.23. The Kier molecular flexibility index (Phi) is 2.04. The third kappa shape index (κ3) is 1.29. The largest absolute Gasteiger partial charge is 0.382 e. The SMILES string of the molecule is Cc1nc(C2C3CC4CC(C3)CC2C4)n(N)c1N. The lowest BCUT2D eigenvalue weighted by Gasteiger charge is -2.54. The zero-order valence-corrected chi connectivity index (χ0v) is 11.0. The molecule has 0 saturated heterocycles. The molecule has 4 nitrogen and oxygen atoms in total. The van der Waals surface area contributed by atoms with E-state index in [0.29, 0.717) is 11.7 Å². The van der Waals surface area contributed by atoms with Crippen molar-refractivity contribution in [2.45, 2.75) is 44.9 Å². The molecule has 0 spiro atoms. The summed E-state index contributed by atoms with van der Waals surface area (Å²) >= 11 is 0. The van der Waals surface area contributed by atoms with Crippen molar-refractivity contribution in [1.29, 1.82) is 0 Å². The van der Waals surface area contributed by atoms with Crippen LogP contribution in [-0.2, 0) is 0 Å². The molecular weight excluding hydrogens is 224 g/mol. The lowest BCUT2D eigenvalue weighted by atomic mass is 9.51. The van der Waals surface area contributed by atoms with Crippen LogP contribution in [0.25, 0.3) is 0 Å². The molecule has 1 aromatic rings. The highest BCUT2D eigenvalue weighted by atomic mass is 15.4. The molecule has 0 atom stereocenters. The summed E-state index contributed by atoms with van der Waals surface area (Å²) in [6.07, 6.45) is 7.05. The van der Waals surface area contributed by atoms with Gasteiger partial charge in [0, 0.05) is 5.92 Å². The summed E-state index contributed by atoms with van der Waals surface area (Å²) in [6, 6.07) is 0. The van der Waals surface area contributed by atoms with Gasteiger partial charge < -0.3 is 11.6 Å². The second-order valence-electron chi connectivity index (χ2n) is 6.77. The summed E-state index contributed by atoms with van der Waals surface area (Å²) < 4.78 is 1.66. The molecule has 4 bridgehead atoms. The van der Waals surface area contributed by atoms with Gasteiger partial charge >= 0.3 is 0 Å². The van der Waals surface area contributed by atoms with Crippen molar-refractivity contribution in [3.8, 4) is 0 Å². The van der Waals surface area contributed by atoms with Gasteiger partial charge in [-0.3, -0.25) is 0 Å². The third-order valence-electron chi connectivity index (χ3n) is 5.68. The Morgan fingerprint density at radius 1 is 1.06 bits per heavy atom. The second kappa shape index (κ2) is 3.43. The Balaban J connectivity index is 1.74. The summed E-state index contributed by atoms with van der Waals surface area (Å²) in [5, 5.41) is 0. The van der Waals surface area contributed by atoms with E-state index in [0.717, 1.165) is 35.2 Å². The molecule has 5 rings (SSSR count). The minimum Gasteiger partial charge on any atom is -0.382 e. The molecule has 98 valence electrons. The van der Waals surface area contributed by atoms with Crippen molar-refractivity contribution < 1.29 is 0 Å². The first-order chi connectivity index (χ1) is 8.63. The fourth-order valence-corrected chi connectivity index (χ4v) is 5.16. The van der Waals surface area contributed by atoms with Crippen molar-refractivity contribution in [2.24, 2.45) is 23.7 Å². The average molecular weight is 246 g/mol. The Bertz CT molecular complexity index is 462. The quantitative estimate of drug-likeness (QED) is 0.745. The maximum absolute atomic E-state index is 6.11. The maximum Gasteiger partial charge on any atom is 0.145 e. The predicted octanol–water partition coefficient (Wildman–Crippen LogP) is 2.03. The van der Waals surface area contributed by atoms with Crippen LogP contribution in [0.3, 0.4) is 0 Å². The summed E-state index contributed by atoms with van der Waals surface area (Å²) in [5.41, 5.74) is 6.86. The van der Waals surface area contributed by atoms with Crippen molar-refractivity contribution in [2.75, 3.05) is 11.6 Å².